The van der Waals surface area contributed by atoms with E-state index in [0.29, 0.717) is 0 Å². The van der Waals surface area contributed by atoms with Crippen molar-refractivity contribution in [2.45, 2.75) is 12.8 Å². The van der Waals surface area contributed by atoms with Crippen molar-refractivity contribution in [3.05, 3.63) is 83.4 Å². The van der Waals surface area contributed by atoms with Crippen molar-refractivity contribution < 1.29 is 5.11 Å². The Morgan fingerprint density at radius 2 is 1.55 bits per heavy atom. The smallest absolute Gasteiger partial charge is 0.115 e. The predicted octanol–water partition coefficient (Wildman–Crippen LogP) is 3.30. The number of hydrogen-bond acceptors (Lipinski definition) is 2. The minimum atomic E-state index is 0.290. The number of aromatic hydroxyl groups is 1. The van der Waals surface area contributed by atoms with Crippen LogP contribution in [0.4, 0.5) is 0 Å². The molecular formula is C17H16N2O. The second-order valence-corrected chi connectivity index (χ2v) is 4.86. The molecule has 3 nitrogen and oxygen atoms in total. The third kappa shape index (κ3) is 3.06. The molecule has 0 aliphatic rings. The highest BCUT2D eigenvalue weighted by Gasteiger charge is 2.03. The van der Waals surface area contributed by atoms with E-state index in [1.807, 2.05) is 36.5 Å². The van der Waals surface area contributed by atoms with Gasteiger partial charge in [-0.2, -0.15) is 0 Å². The highest BCUT2D eigenvalue weighted by Crippen LogP contribution is 2.13. The van der Waals surface area contributed by atoms with E-state index in [1.165, 1.54) is 5.56 Å². The summed E-state index contributed by atoms with van der Waals surface area (Å²) in [5, 5.41) is 9.27. The van der Waals surface area contributed by atoms with Gasteiger partial charge in [0.25, 0.3) is 0 Å². The average Bonchev–Trinajstić information content (AvgIpc) is 2.90. The molecule has 0 fully saturated rings. The first-order valence-electron chi connectivity index (χ1n) is 6.64. The Hall–Kier alpha value is -2.55. The van der Waals surface area contributed by atoms with Crippen molar-refractivity contribution in [2.75, 3.05) is 0 Å². The molecule has 3 aromatic rings. The zero-order valence-corrected chi connectivity index (χ0v) is 11.1. The number of H-pyrrole nitrogens is 1. The molecule has 2 aromatic carbocycles. The van der Waals surface area contributed by atoms with Crippen molar-refractivity contribution in [1.29, 1.82) is 0 Å². The van der Waals surface area contributed by atoms with Gasteiger partial charge in [0.05, 0.1) is 0 Å². The zero-order chi connectivity index (χ0) is 13.8. The Kier molecular flexibility index (Phi) is 3.50. The minimum absolute atomic E-state index is 0.290. The maximum atomic E-state index is 9.27. The SMILES string of the molecule is Oc1ccc(Cc2ncc(Cc3ccccc3)[nH]2)cc1. The number of benzene rings is 2. The predicted molar refractivity (Wildman–Crippen MR) is 78.7 cm³/mol. The molecule has 0 aliphatic carbocycles. The molecule has 2 N–H and O–H groups in total. The quantitative estimate of drug-likeness (QED) is 0.759. The Labute approximate surface area is 117 Å². The van der Waals surface area contributed by atoms with E-state index in [1.54, 1.807) is 12.1 Å². The largest absolute Gasteiger partial charge is 0.508 e. The molecule has 0 saturated carbocycles. The van der Waals surface area contributed by atoms with E-state index in [2.05, 4.69) is 22.1 Å². The third-order valence-corrected chi connectivity index (χ3v) is 3.23. The van der Waals surface area contributed by atoms with Gasteiger partial charge in [0.2, 0.25) is 0 Å². The van der Waals surface area contributed by atoms with Crippen LogP contribution in [0.25, 0.3) is 0 Å². The second kappa shape index (κ2) is 5.61. The summed E-state index contributed by atoms with van der Waals surface area (Å²) >= 11 is 0. The van der Waals surface area contributed by atoms with Gasteiger partial charge in [-0.15, -0.1) is 0 Å². The van der Waals surface area contributed by atoms with Crippen molar-refractivity contribution in [1.82, 2.24) is 9.97 Å². The number of aromatic nitrogens is 2. The zero-order valence-electron chi connectivity index (χ0n) is 11.1. The van der Waals surface area contributed by atoms with E-state index in [-0.39, 0.29) is 5.75 Å². The van der Waals surface area contributed by atoms with Gasteiger partial charge in [-0.1, -0.05) is 42.5 Å². The van der Waals surface area contributed by atoms with Crippen LogP contribution in [0.3, 0.4) is 0 Å². The fraction of sp³-hybridized carbons (Fsp3) is 0.118. The second-order valence-electron chi connectivity index (χ2n) is 4.86. The minimum Gasteiger partial charge on any atom is -0.508 e. The van der Waals surface area contributed by atoms with Gasteiger partial charge >= 0.3 is 0 Å². The first-order chi connectivity index (χ1) is 9.79. The average molecular weight is 264 g/mol. The fourth-order valence-electron chi connectivity index (χ4n) is 2.21. The lowest BCUT2D eigenvalue weighted by atomic mass is 10.1. The van der Waals surface area contributed by atoms with Crippen LogP contribution < -0.4 is 0 Å². The van der Waals surface area contributed by atoms with Gasteiger partial charge in [0.1, 0.15) is 11.6 Å². The Morgan fingerprint density at radius 1 is 0.850 bits per heavy atom. The molecule has 0 saturated heterocycles. The first-order valence-corrected chi connectivity index (χ1v) is 6.64. The van der Waals surface area contributed by atoms with Gasteiger partial charge in [-0.05, 0) is 23.3 Å². The van der Waals surface area contributed by atoms with Crippen molar-refractivity contribution >= 4 is 0 Å². The van der Waals surface area contributed by atoms with E-state index < -0.39 is 0 Å². The van der Waals surface area contributed by atoms with E-state index in [4.69, 9.17) is 0 Å². The molecule has 0 bridgehead atoms. The van der Waals surface area contributed by atoms with E-state index >= 15 is 0 Å². The highest BCUT2D eigenvalue weighted by atomic mass is 16.3. The fourth-order valence-corrected chi connectivity index (χ4v) is 2.21. The lowest BCUT2D eigenvalue weighted by Crippen LogP contribution is -1.92. The lowest BCUT2D eigenvalue weighted by molar-refractivity contribution is 0.475. The normalized spacial score (nSPS) is 10.6. The summed E-state index contributed by atoms with van der Waals surface area (Å²) < 4.78 is 0. The van der Waals surface area contributed by atoms with Crippen LogP contribution in [-0.2, 0) is 12.8 Å². The van der Waals surface area contributed by atoms with Crippen molar-refractivity contribution in [2.24, 2.45) is 0 Å². The molecule has 100 valence electrons. The van der Waals surface area contributed by atoms with E-state index in [9.17, 15) is 5.11 Å². The molecular weight excluding hydrogens is 248 g/mol. The van der Waals surface area contributed by atoms with Gasteiger partial charge in [-0.25, -0.2) is 4.98 Å². The van der Waals surface area contributed by atoms with Crippen LogP contribution in [0.5, 0.6) is 5.75 Å². The summed E-state index contributed by atoms with van der Waals surface area (Å²) in [4.78, 5) is 7.76. The summed E-state index contributed by atoms with van der Waals surface area (Å²) in [5.41, 5.74) is 3.51. The number of phenols is 1. The Bertz CT molecular complexity index is 672. The van der Waals surface area contributed by atoms with Crippen molar-refractivity contribution in [3.8, 4) is 5.75 Å². The van der Waals surface area contributed by atoms with E-state index in [0.717, 1.165) is 29.9 Å². The molecule has 0 unspecified atom stereocenters. The van der Waals surface area contributed by atoms with Crippen LogP contribution in [-0.4, -0.2) is 15.1 Å². The molecule has 0 radical (unpaired) electrons. The van der Waals surface area contributed by atoms with Gasteiger partial charge in [-0.3, -0.25) is 0 Å². The number of phenolic OH excluding ortho intramolecular Hbond substituents is 1. The number of hydrogen-bond donors (Lipinski definition) is 2. The Morgan fingerprint density at radius 3 is 2.30 bits per heavy atom. The maximum absolute atomic E-state index is 9.27. The molecule has 20 heavy (non-hydrogen) atoms. The molecule has 0 atom stereocenters. The standard InChI is InChI=1S/C17H16N2O/c20-16-8-6-14(7-9-16)11-17-18-12-15(19-17)10-13-4-2-1-3-5-13/h1-9,12,20H,10-11H2,(H,18,19). The number of nitrogens with zero attached hydrogens (tertiary/aromatic N) is 1. The first kappa shape index (κ1) is 12.5. The molecule has 1 aromatic heterocycles. The van der Waals surface area contributed by atoms with Crippen LogP contribution in [0.2, 0.25) is 0 Å². The molecule has 0 spiro atoms. The lowest BCUT2D eigenvalue weighted by Gasteiger charge is -2.00. The molecule has 1 heterocycles. The maximum Gasteiger partial charge on any atom is 0.115 e. The van der Waals surface area contributed by atoms with Crippen LogP contribution >= 0.6 is 0 Å². The topological polar surface area (TPSA) is 48.9 Å². The molecule has 3 rings (SSSR count). The number of aromatic amines is 1. The van der Waals surface area contributed by atoms with Gasteiger partial charge in [0, 0.05) is 24.7 Å². The van der Waals surface area contributed by atoms with Gasteiger partial charge < -0.3 is 10.1 Å². The molecule has 0 aliphatic heterocycles. The molecule has 0 amide bonds. The summed E-state index contributed by atoms with van der Waals surface area (Å²) in [7, 11) is 0. The van der Waals surface area contributed by atoms with Crippen LogP contribution in [0.15, 0.2) is 60.8 Å². The van der Waals surface area contributed by atoms with Crippen LogP contribution in [0, 0.1) is 0 Å². The number of nitrogens with one attached hydrogen (secondary N) is 1. The summed E-state index contributed by atoms with van der Waals surface area (Å²) in [5.74, 6) is 1.24. The molecule has 3 heteroatoms. The third-order valence-electron chi connectivity index (χ3n) is 3.23. The van der Waals surface area contributed by atoms with Gasteiger partial charge in [0.15, 0.2) is 0 Å². The summed E-state index contributed by atoms with van der Waals surface area (Å²) in [6, 6.07) is 17.6. The monoisotopic (exact) mass is 264 g/mol. The highest BCUT2D eigenvalue weighted by molar-refractivity contribution is 5.28. The van der Waals surface area contributed by atoms with Crippen molar-refractivity contribution in [3.63, 3.8) is 0 Å². The summed E-state index contributed by atoms with van der Waals surface area (Å²) in [6.07, 6.45) is 3.50. The Balaban J connectivity index is 1.69. The number of rotatable bonds is 4. The number of imidazole rings is 1. The van der Waals surface area contributed by atoms with Crippen LogP contribution in [0.1, 0.15) is 22.6 Å². The summed E-state index contributed by atoms with van der Waals surface area (Å²) in [6.45, 7) is 0.